The van der Waals surface area contributed by atoms with Crippen molar-refractivity contribution in [2.45, 2.75) is 32.6 Å². The average molecular weight is 221 g/mol. The summed E-state index contributed by atoms with van der Waals surface area (Å²) in [5.74, 6) is 2.06. The summed E-state index contributed by atoms with van der Waals surface area (Å²) < 4.78 is 5.16. The normalized spacial score (nSPS) is 12.8. The van der Waals surface area contributed by atoms with E-state index in [1.165, 1.54) is 18.4 Å². The van der Waals surface area contributed by atoms with E-state index in [1.54, 1.807) is 7.11 Å². The van der Waals surface area contributed by atoms with Gasteiger partial charge in [0.1, 0.15) is 5.75 Å². The van der Waals surface area contributed by atoms with Crippen LogP contribution < -0.4 is 10.5 Å². The van der Waals surface area contributed by atoms with E-state index in [4.69, 9.17) is 10.5 Å². The minimum atomic E-state index is 0.473. The van der Waals surface area contributed by atoms with Crippen LogP contribution >= 0.6 is 0 Å². The Kier molecular flexibility index (Phi) is 5.33. The third kappa shape index (κ3) is 2.99. The summed E-state index contributed by atoms with van der Waals surface area (Å²) in [6, 6.07) is 8.30. The topological polar surface area (TPSA) is 35.2 Å². The molecule has 0 aliphatic carbocycles. The molecule has 2 N–H and O–H groups in total. The summed E-state index contributed by atoms with van der Waals surface area (Å²) in [5, 5.41) is 0. The molecule has 2 heteroatoms. The van der Waals surface area contributed by atoms with Crippen LogP contribution in [0.1, 0.15) is 38.2 Å². The van der Waals surface area contributed by atoms with Crippen molar-refractivity contribution in [3.8, 4) is 5.75 Å². The highest BCUT2D eigenvalue weighted by Gasteiger charge is 2.18. The van der Waals surface area contributed by atoms with Gasteiger partial charge in [-0.1, -0.05) is 38.8 Å². The first-order valence-corrected chi connectivity index (χ1v) is 6.10. The fourth-order valence-electron chi connectivity index (χ4n) is 2.31. The zero-order valence-corrected chi connectivity index (χ0v) is 10.6. The van der Waals surface area contributed by atoms with Gasteiger partial charge in [0.05, 0.1) is 7.11 Å². The molecule has 1 unspecified atom stereocenters. The first-order chi connectivity index (χ1) is 7.76. The standard InChI is InChI=1S/C14H23NO/c1-4-11(5-2)14(10-15)12-6-8-13(16-3)9-7-12/h6-9,11,14H,4-5,10,15H2,1-3H3. The molecule has 0 saturated heterocycles. The van der Waals surface area contributed by atoms with Crippen LogP contribution in [0.25, 0.3) is 0 Å². The van der Waals surface area contributed by atoms with Gasteiger partial charge in [0.2, 0.25) is 0 Å². The van der Waals surface area contributed by atoms with E-state index >= 15 is 0 Å². The second-order valence-electron chi connectivity index (χ2n) is 4.19. The molecule has 0 aliphatic rings. The highest BCUT2D eigenvalue weighted by Crippen LogP contribution is 2.29. The Bertz CT molecular complexity index is 290. The first kappa shape index (κ1) is 13.0. The Morgan fingerprint density at radius 2 is 1.69 bits per heavy atom. The zero-order valence-electron chi connectivity index (χ0n) is 10.6. The monoisotopic (exact) mass is 221 g/mol. The molecule has 0 fully saturated rings. The molecule has 1 aromatic rings. The van der Waals surface area contributed by atoms with Gasteiger partial charge in [-0.15, -0.1) is 0 Å². The Labute approximate surface area is 98.8 Å². The zero-order chi connectivity index (χ0) is 12.0. The molecule has 0 saturated carbocycles. The number of nitrogens with two attached hydrogens (primary N) is 1. The number of rotatable bonds is 6. The van der Waals surface area contributed by atoms with Crippen LogP contribution in [0.4, 0.5) is 0 Å². The first-order valence-electron chi connectivity index (χ1n) is 6.10. The molecule has 0 bridgehead atoms. The lowest BCUT2D eigenvalue weighted by atomic mass is 9.83. The quantitative estimate of drug-likeness (QED) is 0.800. The molecular weight excluding hydrogens is 198 g/mol. The van der Waals surface area contributed by atoms with Gasteiger partial charge in [0.15, 0.2) is 0 Å². The van der Waals surface area contributed by atoms with Crippen molar-refractivity contribution in [2.75, 3.05) is 13.7 Å². The maximum Gasteiger partial charge on any atom is 0.118 e. The minimum absolute atomic E-state index is 0.473. The van der Waals surface area contributed by atoms with Crippen molar-refractivity contribution in [3.63, 3.8) is 0 Å². The van der Waals surface area contributed by atoms with Crippen LogP contribution in [0.5, 0.6) is 5.75 Å². The maximum absolute atomic E-state index is 5.90. The second kappa shape index (κ2) is 6.54. The van der Waals surface area contributed by atoms with Crippen LogP contribution in [-0.2, 0) is 0 Å². The van der Waals surface area contributed by atoms with E-state index in [9.17, 15) is 0 Å². The second-order valence-corrected chi connectivity index (χ2v) is 4.19. The predicted molar refractivity (Wildman–Crippen MR) is 68.9 cm³/mol. The summed E-state index contributed by atoms with van der Waals surface area (Å²) in [6.07, 6.45) is 2.37. The smallest absolute Gasteiger partial charge is 0.118 e. The summed E-state index contributed by atoms with van der Waals surface area (Å²) in [5.41, 5.74) is 7.23. The van der Waals surface area contributed by atoms with Crippen LogP contribution in [0.15, 0.2) is 24.3 Å². The van der Waals surface area contributed by atoms with Crippen LogP contribution in [0.2, 0.25) is 0 Å². The highest BCUT2D eigenvalue weighted by molar-refractivity contribution is 5.30. The summed E-state index contributed by atoms with van der Waals surface area (Å²) in [7, 11) is 1.69. The molecule has 90 valence electrons. The van der Waals surface area contributed by atoms with Gasteiger partial charge in [-0.25, -0.2) is 0 Å². The molecule has 1 aromatic carbocycles. The third-order valence-electron chi connectivity index (χ3n) is 3.42. The molecule has 0 radical (unpaired) electrons. The van der Waals surface area contributed by atoms with Gasteiger partial charge < -0.3 is 10.5 Å². The lowest BCUT2D eigenvalue weighted by molar-refractivity contribution is 0.399. The number of ether oxygens (including phenoxy) is 1. The van der Waals surface area contributed by atoms with E-state index in [2.05, 4.69) is 26.0 Å². The molecule has 1 rings (SSSR count). The molecule has 1 atom stereocenters. The van der Waals surface area contributed by atoms with Crippen molar-refractivity contribution in [1.29, 1.82) is 0 Å². The van der Waals surface area contributed by atoms with Gasteiger partial charge >= 0.3 is 0 Å². The predicted octanol–water partition coefficient (Wildman–Crippen LogP) is 3.17. The fourth-order valence-corrected chi connectivity index (χ4v) is 2.31. The minimum Gasteiger partial charge on any atom is -0.497 e. The van der Waals surface area contributed by atoms with Crippen molar-refractivity contribution in [1.82, 2.24) is 0 Å². The van der Waals surface area contributed by atoms with E-state index in [0.29, 0.717) is 11.8 Å². The van der Waals surface area contributed by atoms with Crippen molar-refractivity contribution in [3.05, 3.63) is 29.8 Å². The Morgan fingerprint density at radius 1 is 1.12 bits per heavy atom. The molecular formula is C14H23NO. The molecule has 0 heterocycles. The van der Waals surface area contributed by atoms with Crippen molar-refractivity contribution in [2.24, 2.45) is 11.7 Å². The van der Waals surface area contributed by atoms with Gasteiger partial charge in [-0.05, 0) is 36.1 Å². The van der Waals surface area contributed by atoms with E-state index < -0.39 is 0 Å². The van der Waals surface area contributed by atoms with Crippen LogP contribution in [0, 0.1) is 5.92 Å². The summed E-state index contributed by atoms with van der Waals surface area (Å²) >= 11 is 0. The van der Waals surface area contributed by atoms with E-state index in [-0.39, 0.29) is 0 Å². The van der Waals surface area contributed by atoms with Crippen molar-refractivity contribution < 1.29 is 4.74 Å². The number of benzene rings is 1. The van der Waals surface area contributed by atoms with E-state index in [1.807, 2.05) is 12.1 Å². The summed E-state index contributed by atoms with van der Waals surface area (Å²) in [4.78, 5) is 0. The SMILES string of the molecule is CCC(CC)C(CN)c1ccc(OC)cc1. The van der Waals surface area contributed by atoms with Gasteiger partial charge in [0.25, 0.3) is 0 Å². The van der Waals surface area contributed by atoms with Gasteiger partial charge in [-0.2, -0.15) is 0 Å². The lowest BCUT2D eigenvalue weighted by Crippen LogP contribution is -2.20. The molecule has 0 amide bonds. The third-order valence-corrected chi connectivity index (χ3v) is 3.42. The summed E-state index contributed by atoms with van der Waals surface area (Å²) in [6.45, 7) is 5.19. The fraction of sp³-hybridized carbons (Fsp3) is 0.571. The van der Waals surface area contributed by atoms with Crippen LogP contribution in [0.3, 0.4) is 0 Å². The Balaban J connectivity index is 2.85. The molecule has 2 nitrogen and oxygen atoms in total. The van der Waals surface area contributed by atoms with E-state index in [0.717, 1.165) is 12.3 Å². The molecule has 0 aromatic heterocycles. The van der Waals surface area contributed by atoms with Gasteiger partial charge in [-0.3, -0.25) is 0 Å². The number of hydrogen-bond acceptors (Lipinski definition) is 2. The average Bonchev–Trinajstić information content (AvgIpc) is 2.36. The largest absolute Gasteiger partial charge is 0.497 e. The number of methoxy groups -OCH3 is 1. The lowest BCUT2D eigenvalue weighted by Gasteiger charge is -2.24. The van der Waals surface area contributed by atoms with Crippen molar-refractivity contribution >= 4 is 0 Å². The van der Waals surface area contributed by atoms with Crippen LogP contribution in [-0.4, -0.2) is 13.7 Å². The molecule has 0 aliphatic heterocycles. The highest BCUT2D eigenvalue weighted by atomic mass is 16.5. The Morgan fingerprint density at radius 3 is 2.06 bits per heavy atom. The molecule has 0 spiro atoms. The molecule has 16 heavy (non-hydrogen) atoms. The Hall–Kier alpha value is -1.02. The number of hydrogen-bond donors (Lipinski definition) is 1. The maximum atomic E-state index is 5.90. The van der Waals surface area contributed by atoms with Gasteiger partial charge in [0, 0.05) is 0 Å².